The second-order valence-electron chi connectivity index (χ2n) is 8.12. The van der Waals surface area contributed by atoms with Gasteiger partial charge in [0.05, 0.1) is 58.9 Å². The van der Waals surface area contributed by atoms with E-state index in [0.717, 1.165) is 60.0 Å². The number of nitrogens with zero attached hydrogens (tertiary/aromatic N) is 1. The maximum absolute atomic E-state index is 6.74. The number of likely N-dealkylation sites (tertiary alicyclic amines) is 1. The number of piperidine rings is 1. The molecule has 1 spiro atoms. The zero-order valence-electron chi connectivity index (χ0n) is 17.2. The first kappa shape index (κ1) is 18.3. The third kappa shape index (κ3) is 2.94. The summed E-state index contributed by atoms with van der Waals surface area (Å²) < 4.78 is 17.7. The lowest BCUT2D eigenvalue weighted by molar-refractivity contribution is -0.888. The highest BCUT2D eigenvalue weighted by Gasteiger charge is 2.53. The second kappa shape index (κ2) is 6.97. The lowest BCUT2D eigenvalue weighted by atomic mass is 9.92. The van der Waals surface area contributed by atoms with Crippen molar-refractivity contribution in [1.82, 2.24) is 10.4 Å². The van der Waals surface area contributed by atoms with Crippen LogP contribution in [0.5, 0.6) is 17.2 Å². The molecule has 6 nitrogen and oxygen atoms in total. The number of para-hydroxylation sites is 1. The molecule has 29 heavy (non-hydrogen) atoms. The van der Waals surface area contributed by atoms with E-state index in [2.05, 4.69) is 41.8 Å². The number of fused-ring (bicyclic) bond motifs is 4. The van der Waals surface area contributed by atoms with E-state index in [1.807, 2.05) is 24.3 Å². The van der Waals surface area contributed by atoms with Crippen molar-refractivity contribution < 1.29 is 19.1 Å². The number of nitrogens with one attached hydrogen (secondary N) is 2. The van der Waals surface area contributed by atoms with Crippen molar-refractivity contribution in [3.63, 3.8) is 0 Å². The molecule has 0 aromatic heterocycles. The molecule has 152 valence electrons. The van der Waals surface area contributed by atoms with Gasteiger partial charge in [-0.3, -0.25) is 0 Å². The van der Waals surface area contributed by atoms with E-state index in [9.17, 15) is 0 Å². The van der Waals surface area contributed by atoms with Crippen molar-refractivity contribution in [3.8, 4) is 17.2 Å². The summed E-state index contributed by atoms with van der Waals surface area (Å²) in [6, 6.07) is 14.4. The van der Waals surface area contributed by atoms with Gasteiger partial charge in [0, 0.05) is 5.56 Å². The second-order valence-corrected chi connectivity index (χ2v) is 8.12. The first-order valence-corrected chi connectivity index (χ1v) is 10.2. The van der Waals surface area contributed by atoms with E-state index in [0.29, 0.717) is 0 Å². The van der Waals surface area contributed by atoms with Crippen molar-refractivity contribution in [3.05, 3.63) is 59.7 Å². The molecule has 2 aromatic carbocycles. The van der Waals surface area contributed by atoms with Crippen LogP contribution in [0.25, 0.3) is 5.70 Å². The fourth-order valence-electron chi connectivity index (χ4n) is 4.67. The summed E-state index contributed by atoms with van der Waals surface area (Å²) in [6.45, 7) is 2.15. The van der Waals surface area contributed by atoms with Crippen LogP contribution in [-0.4, -0.2) is 45.1 Å². The Morgan fingerprint density at radius 1 is 1.07 bits per heavy atom. The number of benzene rings is 2. The monoisotopic (exact) mass is 394 g/mol. The van der Waals surface area contributed by atoms with Crippen molar-refractivity contribution >= 4 is 5.70 Å². The van der Waals surface area contributed by atoms with Gasteiger partial charge in [-0.15, -0.1) is 0 Å². The zero-order chi connectivity index (χ0) is 20.0. The third-order valence-corrected chi connectivity index (χ3v) is 6.41. The summed E-state index contributed by atoms with van der Waals surface area (Å²) in [5.74, 6) is 2.54. The standard InChI is InChI=1S/C23H27N3O3/c1-25-13-11-23(12-14-25)26-20(18-5-4-6-21(28-3)22(18)29-23)15-19(24-26)16-7-9-17(27-2)10-8-16/h4-10,15,20,24H,11-14H2,1-3H3/p+1. The zero-order valence-corrected chi connectivity index (χ0v) is 17.2. The Morgan fingerprint density at radius 2 is 1.83 bits per heavy atom. The summed E-state index contributed by atoms with van der Waals surface area (Å²) in [5, 5.41) is 2.32. The highest BCUT2D eigenvalue weighted by Crippen LogP contribution is 2.50. The van der Waals surface area contributed by atoms with Gasteiger partial charge in [-0.25, -0.2) is 0 Å². The molecule has 5 rings (SSSR count). The van der Waals surface area contributed by atoms with Crippen LogP contribution in [0.2, 0.25) is 0 Å². The lowest BCUT2D eigenvalue weighted by Crippen LogP contribution is -3.11. The van der Waals surface area contributed by atoms with Gasteiger partial charge in [-0.05, 0) is 42.0 Å². The van der Waals surface area contributed by atoms with Crippen molar-refractivity contribution in [2.24, 2.45) is 0 Å². The molecule has 3 heterocycles. The molecule has 2 aromatic rings. The molecule has 3 aliphatic rings. The predicted molar refractivity (Wildman–Crippen MR) is 111 cm³/mol. The number of hydrogen-bond acceptors (Lipinski definition) is 5. The molecule has 0 radical (unpaired) electrons. The summed E-state index contributed by atoms with van der Waals surface area (Å²) in [5.41, 5.74) is 6.67. The van der Waals surface area contributed by atoms with E-state index in [1.165, 1.54) is 0 Å². The van der Waals surface area contributed by atoms with E-state index in [4.69, 9.17) is 14.2 Å². The van der Waals surface area contributed by atoms with E-state index < -0.39 is 0 Å². The van der Waals surface area contributed by atoms with Crippen molar-refractivity contribution in [1.29, 1.82) is 0 Å². The fraction of sp³-hybridized carbons (Fsp3) is 0.391. The van der Waals surface area contributed by atoms with Crippen LogP contribution in [-0.2, 0) is 0 Å². The van der Waals surface area contributed by atoms with Crippen LogP contribution in [0, 0.1) is 0 Å². The molecular weight excluding hydrogens is 366 g/mol. The van der Waals surface area contributed by atoms with Gasteiger partial charge >= 0.3 is 0 Å². The molecule has 0 saturated carbocycles. The molecule has 0 amide bonds. The largest absolute Gasteiger partial charge is 0.497 e. The molecule has 1 saturated heterocycles. The molecule has 1 fully saturated rings. The van der Waals surface area contributed by atoms with Crippen molar-refractivity contribution in [2.75, 3.05) is 34.4 Å². The SMILES string of the molecule is COc1ccc(C2=CC3c4cccc(OC)c4OC4(CC[NH+](C)CC4)N3N2)cc1. The maximum Gasteiger partial charge on any atom is 0.191 e. The van der Waals surface area contributed by atoms with Crippen LogP contribution in [0.3, 0.4) is 0 Å². The predicted octanol–water partition coefficient (Wildman–Crippen LogP) is 2.00. The van der Waals surface area contributed by atoms with Crippen LogP contribution < -0.4 is 24.5 Å². The minimum atomic E-state index is -0.378. The van der Waals surface area contributed by atoms with Gasteiger partial charge < -0.3 is 24.5 Å². The van der Waals surface area contributed by atoms with E-state index in [-0.39, 0.29) is 11.8 Å². The summed E-state index contributed by atoms with van der Waals surface area (Å²) in [4.78, 5) is 1.55. The van der Waals surface area contributed by atoms with Gasteiger partial charge in [0.25, 0.3) is 0 Å². The lowest BCUT2D eigenvalue weighted by Gasteiger charge is -2.50. The highest BCUT2D eigenvalue weighted by atomic mass is 16.5. The number of rotatable bonds is 3. The minimum absolute atomic E-state index is 0.101. The minimum Gasteiger partial charge on any atom is -0.497 e. The van der Waals surface area contributed by atoms with Gasteiger partial charge in [0.1, 0.15) is 5.75 Å². The molecule has 6 heteroatoms. The van der Waals surface area contributed by atoms with Gasteiger partial charge in [-0.2, -0.15) is 5.01 Å². The summed E-state index contributed by atoms with van der Waals surface area (Å²) in [7, 11) is 5.65. The first-order chi connectivity index (χ1) is 14.1. The van der Waals surface area contributed by atoms with E-state index in [1.54, 1.807) is 19.1 Å². The van der Waals surface area contributed by atoms with Gasteiger partial charge in [-0.1, -0.05) is 12.1 Å². The molecule has 1 unspecified atom stereocenters. The average Bonchev–Trinajstić information content (AvgIpc) is 3.22. The van der Waals surface area contributed by atoms with Crippen LogP contribution in [0.1, 0.15) is 30.0 Å². The normalized spacial score (nSPS) is 28.0. The molecule has 3 aliphatic heterocycles. The Kier molecular flexibility index (Phi) is 4.41. The number of quaternary nitrogens is 1. The average molecular weight is 394 g/mol. The maximum atomic E-state index is 6.74. The Morgan fingerprint density at radius 3 is 2.52 bits per heavy atom. The Bertz CT molecular complexity index is 933. The molecule has 0 aliphatic carbocycles. The molecule has 0 bridgehead atoms. The number of hydrazine groups is 1. The first-order valence-electron chi connectivity index (χ1n) is 10.2. The number of methoxy groups -OCH3 is 2. The quantitative estimate of drug-likeness (QED) is 0.834. The Hall–Kier alpha value is -2.70. The Balaban J connectivity index is 1.57. The van der Waals surface area contributed by atoms with E-state index >= 15 is 0 Å². The highest BCUT2D eigenvalue weighted by molar-refractivity contribution is 5.68. The summed E-state index contributed by atoms with van der Waals surface area (Å²) in [6.07, 6.45) is 4.22. The Labute approximate surface area is 171 Å². The smallest absolute Gasteiger partial charge is 0.191 e. The third-order valence-electron chi connectivity index (χ3n) is 6.41. The molecule has 1 atom stereocenters. The molecular formula is C23H28N3O3+. The van der Waals surface area contributed by atoms with Crippen LogP contribution in [0.4, 0.5) is 0 Å². The summed E-state index contributed by atoms with van der Waals surface area (Å²) >= 11 is 0. The number of hydrogen-bond donors (Lipinski definition) is 2. The van der Waals surface area contributed by atoms with Gasteiger partial charge in [0.2, 0.25) is 0 Å². The van der Waals surface area contributed by atoms with Crippen LogP contribution in [0.15, 0.2) is 48.5 Å². The topological polar surface area (TPSA) is 47.4 Å². The molecule has 2 N–H and O–H groups in total. The van der Waals surface area contributed by atoms with Crippen molar-refractivity contribution in [2.45, 2.75) is 24.6 Å². The number of ether oxygens (including phenoxy) is 3. The van der Waals surface area contributed by atoms with Crippen LogP contribution >= 0.6 is 0 Å². The fourth-order valence-corrected chi connectivity index (χ4v) is 4.67. The van der Waals surface area contributed by atoms with Gasteiger partial charge in [0.15, 0.2) is 17.2 Å².